The Labute approximate surface area is 166 Å². The minimum absolute atomic E-state index is 0.00988. The van der Waals surface area contributed by atoms with Crippen LogP contribution in [0.15, 0.2) is 4.99 Å². The van der Waals surface area contributed by atoms with Crippen molar-refractivity contribution < 1.29 is 19.5 Å². The molecule has 0 aromatic carbocycles. The largest absolute Gasteiger partial charge is 0.480 e. The number of imide groups is 1. The van der Waals surface area contributed by atoms with Gasteiger partial charge in [-0.3, -0.25) is 19.5 Å². The van der Waals surface area contributed by atoms with Crippen molar-refractivity contribution in [3.8, 4) is 0 Å². The van der Waals surface area contributed by atoms with Gasteiger partial charge < -0.3 is 28.0 Å². The van der Waals surface area contributed by atoms with E-state index in [1.807, 2.05) is 13.8 Å². The fourth-order valence-corrected chi connectivity index (χ4v) is 2.59. The van der Waals surface area contributed by atoms with Crippen molar-refractivity contribution in [1.29, 1.82) is 0 Å². The number of carbonyl (C=O) groups is 3. The molecule has 0 aromatic rings. The molecule has 10 nitrogen and oxygen atoms in total. The van der Waals surface area contributed by atoms with Crippen LogP contribution in [0.25, 0.3) is 0 Å². The second-order valence-electron chi connectivity index (χ2n) is 7.17. The number of rotatable bonds is 12. The average molecular weight is 401 g/mol. The summed E-state index contributed by atoms with van der Waals surface area (Å²) in [5.41, 5.74) is 22.6. The molecule has 0 aromatic heterocycles. The van der Waals surface area contributed by atoms with Crippen molar-refractivity contribution in [3.05, 3.63) is 0 Å². The molecule has 0 radical (unpaired) electrons. The fourth-order valence-electron chi connectivity index (χ4n) is 2.59. The van der Waals surface area contributed by atoms with E-state index >= 15 is 0 Å². The molecule has 0 heterocycles. The van der Waals surface area contributed by atoms with Crippen molar-refractivity contribution in [2.24, 2.45) is 39.8 Å². The summed E-state index contributed by atoms with van der Waals surface area (Å²) in [6.07, 6.45) is 1.47. The van der Waals surface area contributed by atoms with Crippen LogP contribution in [0.1, 0.15) is 53.4 Å². The summed E-state index contributed by atoms with van der Waals surface area (Å²) in [5.74, 6) is -3.33. The van der Waals surface area contributed by atoms with Gasteiger partial charge >= 0.3 is 5.97 Å². The van der Waals surface area contributed by atoms with E-state index in [9.17, 15) is 19.5 Å². The van der Waals surface area contributed by atoms with Crippen LogP contribution in [0.4, 0.5) is 0 Å². The van der Waals surface area contributed by atoms with E-state index in [4.69, 9.17) is 22.9 Å². The first kappa shape index (κ1) is 25.8. The number of amides is 2. The lowest BCUT2D eigenvalue weighted by atomic mass is 9.94. The normalized spacial score (nSPS) is 16.4. The van der Waals surface area contributed by atoms with Crippen LogP contribution >= 0.6 is 0 Å². The molecule has 5 atom stereocenters. The lowest BCUT2D eigenvalue weighted by Gasteiger charge is -2.33. The Balaban J connectivity index is 5.80. The summed E-state index contributed by atoms with van der Waals surface area (Å²) in [4.78, 5) is 42.4. The molecule has 2 amide bonds. The van der Waals surface area contributed by atoms with Crippen molar-refractivity contribution in [2.75, 3.05) is 6.54 Å². The zero-order chi connectivity index (χ0) is 22.0. The minimum atomic E-state index is -1.39. The molecule has 10 heteroatoms. The Hall–Kier alpha value is -2.20. The molecule has 5 unspecified atom stereocenters. The van der Waals surface area contributed by atoms with Gasteiger partial charge in [-0.25, -0.2) is 4.79 Å². The average Bonchev–Trinajstić information content (AvgIpc) is 2.66. The third-order valence-electron chi connectivity index (χ3n) is 5.09. The van der Waals surface area contributed by atoms with Crippen LogP contribution < -0.4 is 22.9 Å². The van der Waals surface area contributed by atoms with Crippen LogP contribution in [-0.4, -0.2) is 58.4 Å². The molecule has 162 valence electrons. The van der Waals surface area contributed by atoms with E-state index in [0.717, 1.165) is 4.90 Å². The zero-order valence-corrected chi connectivity index (χ0v) is 17.3. The SMILES string of the molecule is CCC(C)C(N)C(=O)N(C(=O)C(N)C(C)CC)C(CCCN=C(N)N)C(=O)O. The van der Waals surface area contributed by atoms with E-state index in [1.165, 1.54) is 0 Å². The first-order valence-corrected chi connectivity index (χ1v) is 9.65. The highest BCUT2D eigenvalue weighted by Crippen LogP contribution is 2.18. The van der Waals surface area contributed by atoms with E-state index in [0.29, 0.717) is 12.8 Å². The first-order chi connectivity index (χ1) is 13.0. The van der Waals surface area contributed by atoms with Gasteiger partial charge in [-0.05, 0) is 24.7 Å². The fraction of sp³-hybridized carbons (Fsp3) is 0.778. The smallest absolute Gasteiger partial charge is 0.326 e. The Bertz CT molecular complexity index is 536. The maximum absolute atomic E-state index is 13.0. The van der Waals surface area contributed by atoms with Crippen LogP contribution in [-0.2, 0) is 14.4 Å². The highest BCUT2D eigenvalue weighted by molar-refractivity contribution is 6.03. The van der Waals surface area contributed by atoms with Crippen LogP contribution in [0, 0.1) is 11.8 Å². The Morgan fingerprint density at radius 2 is 1.39 bits per heavy atom. The van der Waals surface area contributed by atoms with E-state index in [2.05, 4.69) is 4.99 Å². The van der Waals surface area contributed by atoms with Gasteiger partial charge in [0.25, 0.3) is 0 Å². The highest BCUT2D eigenvalue weighted by atomic mass is 16.4. The number of nitrogens with two attached hydrogens (primary N) is 4. The van der Waals surface area contributed by atoms with Gasteiger partial charge in [0.05, 0.1) is 12.1 Å². The third kappa shape index (κ3) is 7.43. The van der Waals surface area contributed by atoms with Gasteiger partial charge in [0.2, 0.25) is 11.8 Å². The quantitative estimate of drug-likeness (QED) is 0.166. The molecule has 0 saturated carbocycles. The molecule has 28 heavy (non-hydrogen) atoms. The second kappa shape index (κ2) is 12.3. The summed E-state index contributed by atoms with van der Waals surface area (Å²) < 4.78 is 0. The van der Waals surface area contributed by atoms with Gasteiger partial charge in [0.1, 0.15) is 6.04 Å². The molecule has 0 aliphatic carbocycles. The van der Waals surface area contributed by atoms with E-state index < -0.39 is 35.9 Å². The number of hydrogen-bond acceptors (Lipinski definition) is 6. The number of guanidine groups is 1. The summed E-state index contributed by atoms with van der Waals surface area (Å²) >= 11 is 0. The summed E-state index contributed by atoms with van der Waals surface area (Å²) in [6.45, 7) is 7.44. The van der Waals surface area contributed by atoms with Gasteiger partial charge in [0.15, 0.2) is 5.96 Å². The Morgan fingerprint density at radius 1 is 0.964 bits per heavy atom. The maximum Gasteiger partial charge on any atom is 0.326 e. The molecule has 0 aliphatic heterocycles. The standard InChI is InChI=1S/C18H36N6O4/c1-5-10(3)13(19)15(25)24(16(26)14(20)11(4)6-2)12(17(27)28)8-7-9-23-18(21)22/h10-14H,5-9,19-20H2,1-4H3,(H,27,28)(H4,21,22,23). The molecule has 0 bridgehead atoms. The highest BCUT2D eigenvalue weighted by Gasteiger charge is 2.40. The predicted molar refractivity (Wildman–Crippen MR) is 108 cm³/mol. The molecule has 0 spiro atoms. The van der Waals surface area contributed by atoms with Crippen molar-refractivity contribution in [2.45, 2.75) is 71.5 Å². The van der Waals surface area contributed by atoms with E-state index in [1.54, 1.807) is 13.8 Å². The van der Waals surface area contributed by atoms with Crippen molar-refractivity contribution >= 4 is 23.7 Å². The lowest BCUT2D eigenvalue weighted by molar-refractivity contribution is -0.160. The van der Waals surface area contributed by atoms with Crippen LogP contribution in [0.3, 0.4) is 0 Å². The number of aliphatic carboxylic acids is 1. The molecular weight excluding hydrogens is 364 g/mol. The minimum Gasteiger partial charge on any atom is -0.480 e. The number of carbonyl (C=O) groups excluding carboxylic acids is 2. The van der Waals surface area contributed by atoms with E-state index in [-0.39, 0.29) is 37.2 Å². The topological polar surface area (TPSA) is 191 Å². The number of hydrogen-bond donors (Lipinski definition) is 5. The number of carboxylic acids is 1. The number of nitrogens with zero attached hydrogens (tertiary/aromatic N) is 2. The van der Waals surface area contributed by atoms with Gasteiger partial charge in [-0.1, -0.05) is 40.5 Å². The number of carboxylic acid groups (broad SMARTS) is 1. The monoisotopic (exact) mass is 400 g/mol. The van der Waals surface area contributed by atoms with Gasteiger partial charge in [-0.15, -0.1) is 0 Å². The zero-order valence-electron chi connectivity index (χ0n) is 17.3. The predicted octanol–water partition coefficient (Wildman–Crippen LogP) is -0.405. The summed E-state index contributed by atoms with van der Waals surface area (Å²) in [5, 5.41) is 9.69. The summed E-state index contributed by atoms with van der Waals surface area (Å²) in [7, 11) is 0. The van der Waals surface area contributed by atoms with Crippen molar-refractivity contribution in [1.82, 2.24) is 4.90 Å². The molecular formula is C18H36N6O4. The van der Waals surface area contributed by atoms with Gasteiger partial charge in [0, 0.05) is 6.54 Å². The van der Waals surface area contributed by atoms with Crippen molar-refractivity contribution in [3.63, 3.8) is 0 Å². The molecule has 0 saturated heterocycles. The molecule has 0 rings (SSSR count). The second-order valence-corrected chi connectivity index (χ2v) is 7.17. The van der Waals surface area contributed by atoms with Gasteiger partial charge in [-0.2, -0.15) is 0 Å². The Kier molecular flexibility index (Phi) is 11.3. The van der Waals surface area contributed by atoms with Crippen LogP contribution in [0.5, 0.6) is 0 Å². The maximum atomic E-state index is 13.0. The molecule has 0 aliphatic rings. The van der Waals surface area contributed by atoms with Crippen LogP contribution in [0.2, 0.25) is 0 Å². The third-order valence-corrected chi connectivity index (χ3v) is 5.09. The number of aliphatic imine (C=N–C) groups is 1. The molecule has 9 N–H and O–H groups in total. The Morgan fingerprint density at radius 3 is 1.71 bits per heavy atom. The first-order valence-electron chi connectivity index (χ1n) is 9.65. The summed E-state index contributed by atoms with van der Waals surface area (Å²) in [6, 6.07) is -3.39. The molecule has 0 fully saturated rings. The lowest BCUT2D eigenvalue weighted by Crippen LogP contribution is -2.60.